The molecule has 0 fully saturated rings. The van der Waals surface area contributed by atoms with Crippen LogP contribution in [0.4, 0.5) is 5.82 Å². The summed E-state index contributed by atoms with van der Waals surface area (Å²) < 4.78 is 1.98. The summed E-state index contributed by atoms with van der Waals surface area (Å²) >= 11 is 8.73. The Balaban J connectivity index is 2.28. The van der Waals surface area contributed by atoms with Gasteiger partial charge in [-0.1, -0.05) is 6.07 Å². The first-order chi connectivity index (χ1) is 8.09. The van der Waals surface area contributed by atoms with Crippen LogP contribution >= 0.6 is 43.2 Å². The summed E-state index contributed by atoms with van der Waals surface area (Å²) in [5.41, 5.74) is 0. The van der Waals surface area contributed by atoms with Crippen LogP contribution in [0.2, 0.25) is 0 Å². The summed E-state index contributed by atoms with van der Waals surface area (Å²) in [4.78, 5) is 7.95. The van der Waals surface area contributed by atoms with Gasteiger partial charge in [0.2, 0.25) is 0 Å². The summed E-state index contributed by atoms with van der Waals surface area (Å²) in [7, 11) is 2.06. The lowest BCUT2D eigenvalue weighted by molar-refractivity contribution is 0.740. The molecule has 0 aliphatic heterocycles. The molecule has 0 saturated heterocycles. The average molecular weight is 376 g/mol. The van der Waals surface area contributed by atoms with E-state index in [1.807, 2.05) is 12.3 Å². The Morgan fingerprint density at radius 2 is 2.18 bits per heavy atom. The number of pyridine rings is 1. The molecule has 2 nitrogen and oxygen atoms in total. The van der Waals surface area contributed by atoms with Crippen LogP contribution in [0.1, 0.15) is 17.8 Å². The third-order valence-electron chi connectivity index (χ3n) is 2.66. The Morgan fingerprint density at radius 1 is 1.41 bits per heavy atom. The molecule has 0 aromatic carbocycles. The van der Waals surface area contributed by atoms with Crippen molar-refractivity contribution in [3.05, 3.63) is 43.6 Å². The van der Waals surface area contributed by atoms with Gasteiger partial charge in [0.15, 0.2) is 0 Å². The molecule has 0 spiro atoms. The minimum absolute atomic E-state index is 0.319. The first-order valence-electron chi connectivity index (χ1n) is 5.17. The highest BCUT2D eigenvalue weighted by atomic mass is 79.9. The van der Waals surface area contributed by atoms with Gasteiger partial charge in [-0.15, -0.1) is 11.3 Å². The Labute approximate surface area is 122 Å². The zero-order valence-electron chi connectivity index (χ0n) is 9.52. The van der Waals surface area contributed by atoms with Gasteiger partial charge in [0.25, 0.3) is 0 Å². The second-order valence-corrected chi connectivity index (χ2v) is 6.51. The monoisotopic (exact) mass is 374 g/mol. The van der Waals surface area contributed by atoms with E-state index in [1.165, 1.54) is 4.88 Å². The van der Waals surface area contributed by atoms with Crippen molar-refractivity contribution in [2.45, 2.75) is 13.0 Å². The van der Waals surface area contributed by atoms with Gasteiger partial charge in [0.05, 0.1) is 10.5 Å². The van der Waals surface area contributed by atoms with Gasteiger partial charge in [0, 0.05) is 22.6 Å². The van der Waals surface area contributed by atoms with Gasteiger partial charge < -0.3 is 4.90 Å². The summed E-state index contributed by atoms with van der Waals surface area (Å²) in [6, 6.07) is 6.56. The summed E-state index contributed by atoms with van der Waals surface area (Å²) in [5.74, 6) is 0.953. The van der Waals surface area contributed by atoms with E-state index in [4.69, 9.17) is 0 Å². The van der Waals surface area contributed by atoms with Crippen LogP contribution in [-0.4, -0.2) is 12.0 Å². The van der Waals surface area contributed by atoms with Crippen LogP contribution in [0.3, 0.4) is 0 Å². The van der Waals surface area contributed by atoms with Crippen LogP contribution in [0.15, 0.2) is 38.7 Å². The lowest BCUT2D eigenvalue weighted by Crippen LogP contribution is -2.22. The van der Waals surface area contributed by atoms with Crippen LogP contribution in [0.5, 0.6) is 0 Å². The summed E-state index contributed by atoms with van der Waals surface area (Å²) in [6.07, 6.45) is 1.82. The Kier molecular flexibility index (Phi) is 4.22. The maximum absolute atomic E-state index is 4.45. The standard InChI is InChI=1S/C12H12Br2N2S/c1-8(11-4-3-5-17-11)16(2)12-10(14)6-9(13)7-15-12/h3-8H,1-2H3. The van der Waals surface area contributed by atoms with Crippen molar-refractivity contribution >= 4 is 49.0 Å². The van der Waals surface area contributed by atoms with E-state index in [0.717, 1.165) is 14.8 Å². The van der Waals surface area contributed by atoms with Gasteiger partial charge in [-0.05, 0) is 56.3 Å². The number of anilines is 1. The second-order valence-electron chi connectivity index (χ2n) is 3.76. The van der Waals surface area contributed by atoms with Gasteiger partial charge in [-0.3, -0.25) is 0 Å². The van der Waals surface area contributed by atoms with E-state index in [-0.39, 0.29) is 0 Å². The number of aromatic nitrogens is 1. The number of halogens is 2. The average Bonchev–Trinajstić information content (AvgIpc) is 2.80. The fourth-order valence-corrected chi connectivity index (χ4v) is 3.66. The molecule has 0 bridgehead atoms. The van der Waals surface area contributed by atoms with Gasteiger partial charge >= 0.3 is 0 Å². The molecule has 17 heavy (non-hydrogen) atoms. The normalized spacial score (nSPS) is 12.5. The third-order valence-corrected chi connectivity index (χ3v) is 4.72. The predicted octanol–water partition coefficient (Wildman–Crippen LogP) is 4.87. The van der Waals surface area contributed by atoms with Crippen molar-refractivity contribution in [3.63, 3.8) is 0 Å². The summed E-state index contributed by atoms with van der Waals surface area (Å²) in [5, 5.41) is 2.10. The topological polar surface area (TPSA) is 16.1 Å². The second kappa shape index (κ2) is 5.50. The number of thiophene rings is 1. The third kappa shape index (κ3) is 2.89. The molecule has 90 valence electrons. The van der Waals surface area contributed by atoms with E-state index in [9.17, 15) is 0 Å². The van der Waals surface area contributed by atoms with Crippen LogP contribution in [0.25, 0.3) is 0 Å². The van der Waals surface area contributed by atoms with E-state index in [0.29, 0.717) is 6.04 Å². The molecule has 0 saturated carbocycles. The first kappa shape index (κ1) is 13.1. The molecule has 1 atom stereocenters. The lowest BCUT2D eigenvalue weighted by Gasteiger charge is -2.26. The number of hydrogen-bond acceptors (Lipinski definition) is 3. The smallest absolute Gasteiger partial charge is 0.143 e. The molecular formula is C12H12Br2N2S. The quantitative estimate of drug-likeness (QED) is 0.760. The van der Waals surface area contributed by atoms with E-state index in [1.54, 1.807) is 11.3 Å². The zero-order chi connectivity index (χ0) is 12.4. The lowest BCUT2D eigenvalue weighted by atomic mass is 10.2. The largest absolute Gasteiger partial charge is 0.351 e. The maximum atomic E-state index is 4.45. The van der Waals surface area contributed by atoms with Gasteiger partial charge in [-0.2, -0.15) is 0 Å². The van der Waals surface area contributed by atoms with Gasteiger partial charge in [0.1, 0.15) is 5.82 Å². The van der Waals surface area contributed by atoms with Crippen molar-refractivity contribution < 1.29 is 0 Å². The minimum atomic E-state index is 0.319. The molecule has 0 amide bonds. The Hall–Kier alpha value is -0.390. The van der Waals surface area contributed by atoms with Crippen molar-refractivity contribution in [1.82, 2.24) is 4.98 Å². The van der Waals surface area contributed by atoms with Crippen molar-refractivity contribution in [1.29, 1.82) is 0 Å². The Morgan fingerprint density at radius 3 is 2.76 bits per heavy atom. The highest BCUT2D eigenvalue weighted by Gasteiger charge is 2.16. The molecule has 2 rings (SSSR count). The first-order valence-corrected chi connectivity index (χ1v) is 7.63. The molecule has 1 unspecified atom stereocenters. The number of rotatable bonds is 3. The molecule has 0 radical (unpaired) electrons. The van der Waals surface area contributed by atoms with Crippen molar-refractivity contribution in [3.8, 4) is 0 Å². The van der Waals surface area contributed by atoms with Crippen LogP contribution < -0.4 is 4.90 Å². The minimum Gasteiger partial charge on any atom is -0.351 e. The highest BCUT2D eigenvalue weighted by Crippen LogP contribution is 2.32. The fraction of sp³-hybridized carbons (Fsp3) is 0.250. The van der Waals surface area contributed by atoms with E-state index in [2.05, 4.69) is 73.2 Å². The van der Waals surface area contributed by atoms with E-state index >= 15 is 0 Å². The molecule has 0 N–H and O–H groups in total. The molecule has 2 aromatic heterocycles. The fourth-order valence-electron chi connectivity index (χ4n) is 1.57. The van der Waals surface area contributed by atoms with E-state index < -0.39 is 0 Å². The zero-order valence-corrected chi connectivity index (χ0v) is 13.5. The van der Waals surface area contributed by atoms with Crippen LogP contribution in [-0.2, 0) is 0 Å². The van der Waals surface area contributed by atoms with Gasteiger partial charge in [-0.25, -0.2) is 4.98 Å². The predicted molar refractivity (Wildman–Crippen MR) is 80.8 cm³/mol. The molecule has 2 aromatic rings. The number of hydrogen-bond donors (Lipinski definition) is 0. The number of nitrogens with zero attached hydrogens (tertiary/aromatic N) is 2. The maximum Gasteiger partial charge on any atom is 0.143 e. The highest BCUT2D eigenvalue weighted by molar-refractivity contribution is 9.11. The Bertz CT molecular complexity index is 499. The van der Waals surface area contributed by atoms with Crippen LogP contribution in [0, 0.1) is 0 Å². The molecule has 2 heterocycles. The molecular weight excluding hydrogens is 364 g/mol. The molecule has 0 aliphatic rings. The summed E-state index contributed by atoms with van der Waals surface area (Å²) in [6.45, 7) is 2.18. The van der Waals surface area contributed by atoms with Crippen molar-refractivity contribution in [2.75, 3.05) is 11.9 Å². The molecule has 0 aliphatic carbocycles. The molecule has 5 heteroatoms. The SMILES string of the molecule is CC(c1cccs1)N(C)c1ncc(Br)cc1Br. The van der Waals surface area contributed by atoms with Crippen molar-refractivity contribution in [2.24, 2.45) is 0 Å².